The molecule has 7 nitrogen and oxygen atoms in total. The molecule has 8 heteroatoms. The number of amides is 2. The number of methoxy groups -OCH3 is 2. The number of hydrogen-bond acceptors (Lipinski definition) is 5. The maximum Gasteiger partial charge on any atom is 0.251 e. The van der Waals surface area contributed by atoms with Gasteiger partial charge < -0.3 is 25.8 Å². The van der Waals surface area contributed by atoms with Crippen LogP contribution in [-0.2, 0) is 4.79 Å². The van der Waals surface area contributed by atoms with E-state index < -0.39 is 5.54 Å². The highest BCUT2D eigenvalue weighted by Crippen LogP contribution is 2.40. The highest BCUT2D eigenvalue weighted by atomic mass is 35.5. The number of carbonyl (C=O) groups is 2. The molecule has 2 amide bonds. The molecule has 0 aromatic heterocycles. The number of halogens is 1. The number of anilines is 1. The summed E-state index contributed by atoms with van der Waals surface area (Å²) < 4.78 is 10.6. The summed E-state index contributed by atoms with van der Waals surface area (Å²) in [5.41, 5.74) is 6.18. The molecule has 25 heavy (non-hydrogen) atoms. The van der Waals surface area contributed by atoms with Gasteiger partial charge in [0, 0.05) is 19.0 Å². The molecule has 1 aliphatic rings. The molecule has 0 radical (unpaired) electrons. The minimum absolute atomic E-state index is 0. The standard InChI is InChI=1S/C17H25N3O4.ClH/c1-10(21)19-13-7-11(8-14(23-3)15(13)24-4)16(22)20-17(2,9-18)12-5-6-12;/h7-8,12H,5-6,9,18H2,1-4H3,(H,19,21)(H,20,22);1H. The third-order valence-corrected chi connectivity index (χ3v) is 4.35. The van der Waals surface area contributed by atoms with Gasteiger partial charge in [0.25, 0.3) is 5.91 Å². The van der Waals surface area contributed by atoms with Crippen molar-refractivity contribution >= 4 is 29.9 Å². The number of benzene rings is 1. The van der Waals surface area contributed by atoms with Crippen LogP contribution in [0.4, 0.5) is 5.69 Å². The second kappa shape index (κ2) is 8.40. The number of rotatable bonds is 7. The quantitative estimate of drug-likeness (QED) is 0.679. The Morgan fingerprint density at radius 2 is 1.92 bits per heavy atom. The predicted molar refractivity (Wildman–Crippen MR) is 98.7 cm³/mol. The average Bonchev–Trinajstić information content (AvgIpc) is 3.38. The van der Waals surface area contributed by atoms with E-state index in [1.54, 1.807) is 12.1 Å². The van der Waals surface area contributed by atoms with E-state index in [4.69, 9.17) is 15.2 Å². The van der Waals surface area contributed by atoms with Crippen LogP contribution in [0.2, 0.25) is 0 Å². The molecule has 1 aromatic rings. The van der Waals surface area contributed by atoms with Gasteiger partial charge in [-0.15, -0.1) is 12.4 Å². The first kappa shape index (κ1) is 21.1. The SMILES string of the molecule is COc1cc(C(=O)NC(C)(CN)C2CC2)cc(NC(C)=O)c1OC.Cl. The van der Waals surface area contributed by atoms with Crippen molar-refractivity contribution in [2.75, 3.05) is 26.1 Å². The van der Waals surface area contributed by atoms with Gasteiger partial charge >= 0.3 is 0 Å². The van der Waals surface area contributed by atoms with Gasteiger partial charge in [-0.05, 0) is 37.8 Å². The van der Waals surface area contributed by atoms with Crippen molar-refractivity contribution in [3.05, 3.63) is 17.7 Å². The normalized spacial score (nSPS) is 15.4. The van der Waals surface area contributed by atoms with Gasteiger partial charge in [0.2, 0.25) is 5.91 Å². The zero-order valence-corrected chi connectivity index (χ0v) is 15.8. The van der Waals surface area contributed by atoms with E-state index in [0.29, 0.717) is 35.2 Å². The second-order valence-electron chi connectivity index (χ2n) is 6.29. The smallest absolute Gasteiger partial charge is 0.251 e. The number of nitrogens with one attached hydrogen (secondary N) is 2. The van der Waals surface area contributed by atoms with Gasteiger partial charge in [-0.2, -0.15) is 0 Å². The summed E-state index contributed by atoms with van der Waals surface area (Å²) in [5.74, 6) is 0.615. The van der Waals surface area contributed by atoms with E-state index in [1.807, 2.05) is 6.92 Å². The minimum atomic E-state index is -0.432. The van der Waals surface area contributed by atoms with E-state index >= 15 is 0 Å². The first-order valence-electron chi connectivity index (χ1n) is 7.90. The summed E-state index contributed by atoms with van der Waals surface area (Å²) in [6.07, 6.45) is 2.13. The Kier molecular flexibility index (Phi) is 7.07. The molecule has 1 aromatic carbocycles. The molecule has 0 saturated heterocycles. The van der Waals surface area contributed by atoms with Crippen LogP contribution in [0, 0.1) is 5.92 Å². The van der Waals surface area contributed by atoms with Gasteiger partial charge in [-0.3, -0.25) is 9.59 Å². The van der Waals surface area contributed by atoms with E-state index in [-0.39, 0.29) is 24.2 Å². The molecule has 1 unspecified atom stereocenters. The van der Waals surface area contributed by atoms with Crippen molar-refractivity contribution in [3.63, 3.8) is 0 Å². The van der Waals surface area contributed by atoms with Gasteiger partial charge in [0.15, 0.2) is 11.5 Å². The second-order valence-corrected chi connectivity index (χ2v) is 6.29. The molecule has 1 aliphatic carbocycles. The maximum absolute atomic E-state index is 12.7. The lowest BCUT2D eigenvalue weighted by Crippen LogP contribution is -2.53. The number of nitrogens with two attached hydrogens (primary N) is 1. The highest BCUT2D eigenvalue weighted by molar-refractivity contribution is 5.99. The predicted octanol–water partition coefficient (Wildman–Crippen LogP) is 1.94. The zero-order valence-electron chi connectivity index (χ0n) is 15.0. The highest BCUT2D eigenvalue weighted by Gasteiger charge is 2.41. The number of hydrogen-bond donors (Lipinski definition) is 3. The van der Waals surface area contributed by atoms with Gasteiger partial charge in [-0.1, -0.05) is 0 Å². The largest absolute Gasteiger partial charge is 0.493 e. The van der Waals surface area contributed by atoms with E-state index in [1.165, 1.54) is 21.1 Å². The zero-order chi connectivity index (χ0) is 17.9. The monoisotopic (exact) mass is 371 g/mol. The van der Waals surface area contributed by atoms with E-state index in [9.17, 15) is 9.59 Å². The van der Waals surface area contributed by atoms with Crippen LogP contribution in [0.25, 0.3) is 0 Å². The molecule has 4 N–H and O–H groups in total. The minimum Gasteiger partial charge on any atom is -0.493 e. The summed E-state index contributed by atoms with van der Waals surface area (Å²) in [7, 11) is 2.95. The van der Waals surface area contributed by atoms with Crippen LogP contribution in [-0.4, -0.2) is 38.1 Å². The van der Waals surface area contributed by atoms with E-state index in [2.05, 4.69) is 10.6 Å². The Bertz CT molecular complexity index is 649. The molecule has 1 atom stereocenters. The third-order valence-electron chi connectivity index (χ3n) is 4.35. The Balaban J connectivity index is 0.00000312. The Morgan fingerprint density at radius 3 is 2.36 bits per heavy atom. The lowest BCUT2D eigenvalue weighted by atomic mass is 9.95. The summed E-state index contributed by atoms with van der Waals surface area (Å²) in [4.78, 5) is 24.1. The van der Waals surface area contributed by atoms with Crippen molar-refractivity contribution in [1.29, 1.82) is 0 Å². The van der Waals surface area contributed by atoms with Gasteiger partial charge in [-0.25, -0.2) is 0 Å². The molecule has 1 fully saturated rings. The molecule has 140 valence electrons. The van der Waals surface area contributed by atoms with Gasteiger partial charge in [0.1, 0.15) is 0 Å². The third kappa shape index (κ3) is 4.76. The lowest BCUT2D eigenvalue weighted by Gasteiger charge is -2.29. The van der Waals surface area contributed by atoms with Crippen LogP contribution in [0.1, 0.15) is 37.0 Å². The molecular formula is C17H26ClN3O4. The fraction of sp³-hybridized carbons (Fsp3) is 0.529. The summed E-state index contributed by atoms with van der Waals surface area (Å²) in [5, 5.41) is 5.68. The molecule has 1 saturated carbocycles. The molecular weight excluding hydrogens is 346 g/mol. The maximum atomic E-state index is 12.7. The van der Waals surface area contributed by atoms with Crippen LogP contribution in [0.15, 0.2) is 12.1 Å². The van der Waals surface area contributed by atoms with Crippen molar-refractivity contribution in [3.8, 4) is 11.5 Å². The average molecular weight is 372 g/mol. The molecule has 0 aliphatic heterocycles. The summed E-state index contributed by atoms with van der Waals surface area (Å²) >= 11 is 0. The Morgan fingerprint density at radius 1 is 1.28 bits per heavy atom. The molecule has 0 bridgehead atoms. The number of ether oxygens (including phenoxy) is 2. The topological polar surface area (TPSA) is 103 Å². The fourth-order valence-electron chi connectivity index (χ4n) is 2.75. The van der Waals surface area contributed by atoms with E-state index in [0.717, 1.165) is 12.8 Å². The van der Waals surface area contributed by atoms with Crippen LogP contribution >= 0.6 is 12.4 Å². The molecule has 0 heterocycles. The Hall–Kier alpha value is -1.99. The first-order valence-corrected chi connectivity index (χ1v) is 7.90. The number of carbonyl (C=O) groups excluding carboxylic acids is 2. The van der Waals surface area contributed by atoms with Crippen LogP contribution in [0.5, 0.6) is 11.5 Å². The fourth-order valence-corrected chi connectivity index (χ4v) is 2.75. The van der Waals surface area contributed by atoms with Crippen molar-refractivity contribution in [2.45, 2.75) is 32.2 Å². The summed E-state index contributed by atoms with van der Waals surface area (Å²) in [6.45, 7) is 3.71. The van der Waals surface area contributed by atoms with Crippen LogP contribution < -0.4 is 25.8 Å². The lowest BCUT2D eigenvalue weighted by molar-refractivity contribution is -0.114. The van der Waals surface area contributed by atoms with Crippen molar-refractivity contribution in [1.82, 2.24) is 5.32 Å². The molecule has 2 rings (SSSR count). The first-order chi connectivity index (χ1) is 11.3. The van der Waals surface area contributed by atoms with Crippen LogP contribution in [0.3, 0.4) is 0 Å². The van der Waals surface area contributed by atoms with Crippen molar-refractivity contribution < 1.29 is 19.1 Å². The summed E-state index contributed by atoms with van der Waals surface area (Å²) in [6, 6.07) is 3.16. The van der Waals surface area contributed by atoms with Gasteiger partial charge in [0.05, 0.1) is 25.4 Å². The molecule has 0 spiro atoms. The Labute approximate surface area is 154 Å². The van der Waals surface area contributed by atoms with Crippen molar-refractivity contribution in [2.24, 2.45) is 11.7 Å².